The molecule has 0 atom stereocenters. The maximum Gasteiger partial charge on any atom is 0.288 e. The number of piperidine rings is 1. The first-order valence-electron chi connectivity index (χ1n) is 9.04. The van der Waals surface area contributed by atoms with Gasteiger partial charge in [0.05, 0.1) is 4.92 Å². The Labute approximate surface area is 149 Å². The molecule has 2 fully saturated rings. The van der Waals surface area contributed by atoms with Crippen LogP contribution in [0.2, 0.25) is 0 Å². The molecule has 1 aliphatic heterocycles. The highest BCUT2D eigenvalue weighted by Gasteiger charge is 2.36. The van der Waals surface area contributed by atoms with Crippen LogP contribution in [0.15, 0.2) is 23.1 Å². The van der Waals surface area contributed by atoms with E-state index in [-0.39, 0.29) is 10.6 Å². The van der Waals surface area contributed by atoms with Crippen LogP contribution < -0.4 is 4.90 Å². The summed E-state index contributed by atoms with van der Waals surface area (Å²) >= 11 is 0. The zero-order valence-electron chi connectivity index (χ0n) is 14.7. The molecule has 0 amide bonds. The lowest BCUT2D eigenvalue weighted by Crippen LogP contribution is -2.43. The Kier molecular flexibility index (Phi) is 5.04. The number of nitro benzene ring substituents is 1. The molecule has 2 aliphatic rings. The summed E-state index contributed by atoms with van der Waals surface area (Å²) in [6.07, 6.45) is 11.0. The summed E-state index contributed by atoms with van der Waals surface area (Å²) in [5.74, 6) is 0. The van der Waals surface area contributed by atoms with E-state index in [1.54, 1.807) is 6.07 Å². The molecule has 0 bridgehead atoms. The van der Waals surface area contributed by atoms with Gasteiger partial charge in [-0.25, -0.2) is 8.42 Å². The van der Waals surface area contributed by atoms with Crippen molar-refractivity contribution >= 4 is 21.2 Å². The van der Waals surface area contributed by atoms with Crippen LogP contribution in [0.5, 0.6) is 0 Å². The van der Waals surface area contributed by atoms with E-state index in [0.717, 1.165) is 31.5 Å². The Morgan fingerprint density at radius 3 is 2.32 bits per heavy atom. The first-order chi connectivity index (χ1) is 11.8. The third-order valence-electron chi connectivity index (χ3n) is 5.73. The molecular formula is C18H26N2O4S. The molecule has 6 nitrogen and oxygen atoms in total. The predicted molar refractivity (Wildman–Crippen MR) is 97.8 cm³/mol. The van der Waals surface area contributed by atoms with Gasteiger partial charge in [-0.05, 0) is 43.2 Å². The van der Waals surface area contributed by atoms with Gasteiger partial charge in [0.1, 0.15) is 4.90 Å². The summed E-state index contributed by atoms with van der Waals surface area (Å²) in [5, 5.41) is 11.2. The SMILES string of the molecule is CS(=O)(=O)c1cc(N2CCCC3(CCCCCC3)C2)ccc1[N+](=O)[O-]. The quantitative estimate of drug-likeness (QED) is 0.598. The van der Waals surface area contributed by atoms with Crippen molar-refractivity contribution in [3.05, 3.63) is 28.3 Å². The van der Waals surface area contributed by atoms with E-state index in [1.807, 2.05) is 0 Å². The van der Waals surface area contributed by atoms with Crippen LogP contribution in [0, 0.1) is 15.5 Å². The van der Waals surface area contributed by atoms with Crippen LogP contribution in [0.1, 0.15) is 51.4 Å². The number of sulfone groups is 1. The molecule has 25 heavy (non-hydrogen) atoms. The smallest absolute Gasteiger partial charge is 0.288 e. The van der Waals surface area contributed by atoms with E-state index in [9.17, 15) is 18.5 Å². The van der Waals surface area contributed by atoms with Crippen LogP contribution in [0.3, 0.4) is 0 Å². The van der Waals surface area contributed by atoms with Crippen LogP contribution >= 0.6 is 0 Å². The molecule has 1 aromatic carbocycles. The van der Waals surface area contributed by atoms with E-state index >= 15 is 0 Å². The van der Waals surface area contributed by atoms with Gasteiger partial charge in [-0.2, -0.15) is 0 Å². The topological polar surface area (TPSA) is 80.5 Å². The third-order valence-corrected chi connectivity index (χ3v) is 6.86. The molecule has 0 unspecified atom stereocenters. The highest BCUT2D eigenvalue weighted by Crippen LogP contribution is 2.43. The maximum absolute atomic E-state index is 12.0. The number of nitrogens with zero attached hydrogens (tertiary/aromatic N) is 2. The lowest BCUT2D eigenvalue weighted by molar-refractivity contribution is -0.387. The molecule has 0 aromatic heterocycles. The van der Waals surface area contributed by atoms with Crippen LogP contribution in [-0.4, -0.2) is 32.7 Å². The average molecular weight is 366 g/mol. The van der Waals surface area contributed by atoms with Crippen molar-refractivity contribution in [1.82, 2.24) is 0 Å². The fourth-order valence-corrected chi connectivity index (χ4v) is 5.32. The van der Waals surface area contributed by atoms with Gasteiger partial charge in [-0.1, -0.05) is 25.7 Å². The molecule has 7 heteroatoms. The van der Waals surface area contributed by atoms with Gasteiger partial charge >= 0.3 is 0 Å². The van der Waals surface area contributed by atoms with E-state index < -0.39 is 14.8 Å². The standard InChI is InChI=1S/C18H26N2O4S/c1-25(23,24)17-13-15(7-8-16(17)20(21)22)19-12-6-11-18(14-19)9-4-2-3-5-10-18/h7-8,13H,2-6,9-12,14H2,1H3. The molecule has 1 spiro atoms. The van der Waals surface area contributed by atoms with Crippen LogP contribution in [0.25, 0.3) is 0 Å². The monoisotopic (exact) mass is 366 g/mol. The number of rotatable bonds is 3. The molecule has 138 valence electrons. The summed E-state index contributed by atoms with van der Waals surface area (Å²) in [4.78, 5) is 12.6. The molecule has 1 heterocycles. The highest BCUT2D eigenvalue weighted by molar-refractivity contribution is 7.90. The van der Waals surface area contributed by atoms with Crippen molar-refractivity contribution < 1.29 is 13.3 Å². The molecular weight excluding hydrogens is 340 g/mol. The van der Waals surface area contributed by atoms with Crippen molar-refractivity contribution in [2.45, 2.75) is 56.3 Å². The van der Waals surface area contributed by atoms with Gasteiger partial charge in [0, 0.05) is 31.1 Å². The van der Waals surface area contributed by atoms with Crippen molar-refractivity contribution in [2.24, 2.45) is 5.41 Å². The van der Waals surface area contributed by atoms with Crippen molar-refractivity contribution in [2.75, 3.05) is 24.2 Å². The molecule has 1 saturated carbocycles. The van der Waals surface area contributed by atoms with Crippen molar-refractivity contribution in [3.63, 3.8) is 0 Å². The Bertz CT molecular complexity index is 752. The summed E-state index contributed by atoms with van der Waals surface area (Å²) in [6, 6.07) is 4.52. The fraction of sp³-hybridized carbons (Fsp3) is 0.667. The molecule has 1 aromatic rings. The molecule has 1 saturated heterocycles. The first-order valence-corrected chi connectivity index (χ1v) is 10.9. The minimum atomic E-state index is -3.65. The van der Waals surface area contributed by atoms with Gasteiger partial charge in [0.15, 0.2) is 9.84 Å². The Hall–Kier alpha value is -1.63. The largest absolute Gasteiger partial charge is 0.371 e. The second-order valence-corrected chi connectivity index (χ2v) is 9.60. The lowest BCUT2D eigenvalue weighted by Gasteiger charge is -2.44. The second kappa shape index (κ2) is 6.94. The van der Waals surface area contributed by atoms with Gasteiger partial charge in [0.25, 0.3) is 5.69 Å². The van der Waals surface area contributed by atoms with Gasteiger partial charge in [-0.15, -0.1) is 0 Å². The Morgan fingerprint density at radius 1 is 1.08 bits per heavy atom. The van der Waals surface area contributed by atoms with E-state index in [2.05, 4.69) is 4.90 Å². The summed E-state index contributed by atoms with van der Waals surface area (Å²) in [7, 11) is -3.65. The second-order valence-electron chi connectivity index (χ2n) is 7.62. The number of anilines is 1. The molecule has 0 radical (unpaired) electrons. The highest BCUT2D eigenvalue weighted by atomic mass is 32.2. The van der Waals surface area contributed by atoms with Crippen molar-refractivity contribution in [3.8, 4) is 0 Å². The molecule has 1 aliphatic carbocycles. The minimum absolute atomic E-state index is 0.185. The number of nitro groups is 1. The van der Waals surface area contributed by atoms with E-state index in [0.29, 0.717) is 5.41 Å². The molecule has 3 rings (SSSR count). The van der Waals surface area contributed by atoms with E-state index in [1.165, 1.54) is 57.1 Å². The predicted octanol–water partition coefficient (Wildman–Crippen LogP) is 3.94. The summed E-state index contributed by atoms with van der Waals surface area (Å²) in [6.45, 7) is 1.80. The first kappa shape index (κ1) is 18.2. The third kappa shape index (κ3) is 3.97. The Balaban J connectivity index is 1.92. The van der Waals surface area contributed by atoms with Crippen LogP contribution in [0.4, 0.5) is 11.4 Å². The zero-order valence-corrected chi connectivity index (χ0v) is 15.6. The average Bonchev–Trinajstić information content (AvgIpc) is 2.79. The number of hydrogen-bond donors (Lipinski definition) is 0. The lowest BCUT2D eigenvalue weighted by atomic mass is 9.74. The summed E-state index contributed by atoms with van der Waals surface area (Å²) < 4.78 is 24.0. The summed E-state index contributed by atoms with van der Waals surface area (Å²) in [5.41, 5.74) is 0.767. The normalized spacial score (nSPS) is 21.1. The van der Waals surface area contributed by atoms with Crippen molar-refractivity contribution in [1.29, 1.82) is 0 Å². The van der Waals surface area contributed by atoms with Gasteiger partial charge in [0.2, 0.25) is 0 Å². The molecule has 0 N–H and O–H groups in total. The number of benzene rings is 1. The van der Waals surface area contributed by atoms with Gasteiger partial charge < -0.3 is 4.90 Å². The maximum atomic E-state index is 12.0. The zero-order chi connectivity index (χ0) is 18.1. The van der Waals surface area contributed by atoms with Crippen LogP contribution in [-0.2, 0) is 9.84 Å². The minimum Gasteiger partial charge on any atom is -0.371 e. The van der Waals surface area contributed by atoms with Gasteiger partial charge in [-0.3, -0.25) is 10.1 Å². The van der Waals surface area contributed by atoms with E-state index in [4.69, 9.17) is 0 Å². The Morgan fingerprint density at radius 2 is 1.72 bits per heavy atom. The fourth-order valence-electron chi connectivity index (χ4n) is 4.46. The number of hydrogen-bond acceptors (Lipinski definition) is 5.